The van der Waals surface area contributed by atoms with Crippen molar-refractivity contribution in [2.75, 3.05) is 7.11 Å². The van der Waals surface area contributed by atoms with E-state index in [4.69, 9.17) is 4.74 Å². The summed E-state index contributed by atoms with van der Waals surface area (Å²) >= 11 is 0. The second-order valence-electron chi connectivity index (χ2n) is 8.69. The maximum atomic E-state index is 13.5. The SMILES string of the molecule is CCc1nc(C)c2c(=O)n(Cc3ccc(C(C)(C)C)cc3)c3ccc(OC)nc3n12. The smallest absolute Gasteiger partial charge is 0.277 e. The summed E-state index contributed by atoms with van der Waals surface area (Å²) in [6.07, 6.45) is 0.709. The van der Waals surface area contributed by atoms with Gasteiger partial charge in [-0.05, 0) is 29.5 Å². The van der Waals surface area contributed by atoms with Gasteiger partial charge in [0.15, 0.2) is 5.65 Å². The third kappa shape index (κ3) is 3.26. The normalized spacial score (nSPS) is 12.1. The molecule has 0 radical (unpaired) electrons. The zero-order valence-corrected chi connectivity index (χ0v) is 18.5. The van der Waals surface area contributed by atoms with E-state index < -0.39 is 0 Å². The lowest BCUT2D eigenvalue weighted by atomic mass is 9.87. The van der Waals surface area contributed by atoms with E-state index in [1.165, 1.54) is 5.56 Å². The Kier molecular flexibility index (Phi) is 4.88. The minimum atomic E-state index is -0.0564. The minimum absolute atomic E-state index is 0.0564. The van der Waals surface area contributed by atoms with Crippen molar-refractivity contribution >= 4 is 16.7 Å². The molecule has 0 amide bonds. The number of hydrogen-bond donors (Lipinski definition) is 0. The summed E-state index contributed by atoms with van der Waals surface area (Å²) in [6.45, 7) is 11.0. The molecule has 0 fully saturated rings. The van der Waals surface area contributed by atoms with Gasteiger partial charge in [0.2, 0.25) is 5.88 Å². The van der Waals surface area contributed by atoms with Crippen LogP contribution in [0.3, 0.4) is 0 Å². The van der Waals surface area contributed by atoms with Gasteiger partial charge in [-0.15, -0.1) is 0 Å². The summed E-state index contributed by atoms with van der Waals surface area (Å²) < 4.78 is 9.03. The average Bonchev–Trinajstić information content (AvgIpc) is 3.07. The predicted octanol–water partition coefficient (Wildman–Crippen LogP) is 4.27. The highest BCUT2D eigenvalue weighted by Gasteiger charge is 2.19. The van der Waals surface area contributed by atoms with Crippen LogP contribution in [0.1, 0.15) is 50.3 Å². The van der Waals surface area contributed by atoms with Crippen LogP contribution in [0.4, 0.5) is 0 Å². The van der Waals surface area contributed by atoms with Crippen molar-refractivity contribution in [2.45, 2.75) is 53.0 Å². The molecule has 0 aliphatic rings. The predicted molar refractivity (Wildman–Crippen MR) is 120 cm³/mol. The minimum Gasteiger partial charge on any atom is -0.481 e. The third-order valence-corrected chi connectivity index (χ3v) is 5.59. The Morgan fingerprint density at radius 1 is 1.03 bits per heavy atom. The van der Waals surface area contributed by atoms with Crippen LogP contribution >= 0.6 is 0 Å². The van der Waals surface area contributed by atoms with Crippen LogP contribution in [0.5, 0.6) is 5.88 Å². The Labute approximate surface area is 176 Å². The van der Waals surface area contributed by atoms with Crippen LogP contribution in [0.2, 0.25) is 0 Å². The zero-order valence-electron chi connectivity index (χ0n) is 18.5. The molecule has 1 aromatic carbocycles. The number of methoxy groups -OCH3 is 1. The second-order valence-corrected chi connectivity index (χ2v) is 8.69. The van der Waals surface area contributed by atoms with Crippen molar-refractivity contribution in [1.29, 1.82) is 0 Å². The molecule has 3 aromatic heterocycles. The molecule has 3 heterocycles. The summed E-state index contributed by atoms with van der Waals surface area (Å²) in [5.74, 6) is 1.34. The molecule has 30 heavy (non-hydrogen) atoms. The van der Waals surface area contributed by atoms with Gasteiger partial charge < -0.3 is 4.74 Å². The maximum absolute atomic E-state index is 13.5. The average molecular weight is 405 g/mol. The fraction of sp³-hybridized carbons (Fsp3) is 0.375. The molecule has 156 valence electrons. The van der Waals surface area contributed by atoms with E-state index in [0.717, 1.165) is 22.6 Å². The molecule has 0 aliphatic carbocycles. The lowest BCUT2D eigenvalue weighted by Gasteiger charge is -2.19. The van der Waals surface area contributed by atoms with Gasteiger partial charge in [-0.1, -0.05) is 52.0 Å². The molecular weight excluding hydrogens is 376 g/mol. The molecule has 0 spiro atoms. The fourth-order valence-corrected chi connectivity index (χ4v) is 3.90. The Morgan fingerprint density at radius 2 is 1.73 bits per heavy atom. The molecule has 6 heteroatoms. The molecule has 0 atom stereocenters. The first-order chi connectivity index (χ1) is 14.2. The lowest BCUT2D eigenvalue weighted by Crippen LogP contribution is -2.24. The zero-order chi connectivity index (χ0) is 21.6. The van der Waals surface area contributed by atoms with Crippen molar-refractivity contribution in [2.24, 2.45) is 0 Å². The van der Waals surface area contributed by atoms with Crippen LogP contribution in [0, 0.1) is 6.92 Å². The van der Waals surface area contributed by atoms with Crippen molar-refractivity contribution in [3.05, 3.63) is 69.4 Å². The van der Waals surface area contributed by atoms with E-state index in [9.17, 15) is 4.79 Å². The standard InChI is InChI=1S/C24H28N4O2/c1-7-19-25-15(2)21-23(29)27(14-16-8-10-17(11-9-16)24(3,4)5)18-12-13-20(30-6)26-22(18)28(19)21/h8-13H,7,14H2,1-6H3. The summed E-state index contributed by atoms with van der Waals surface area (Å²) in [5, 5.41) is 0. The van der Waals surface area contributed by atoms with E-state index in [2.05, 4.69) is 55.0 Å². The first-order valence-corrected chi connectivity index (χ1v) is 10.3. The quantitative estimate of drug-likeness (QED) is 0.510. The number of pyridine rings is 1. The Hall–Kier alpha value is -3.15. The van der Waals surface area contributed by atoms with E-state index in [0.29, 0.717) is 30.0 Å². The Balaban J connectivity index is 1.96. The van der Waals surface area contributed by atoms with E-state index in [-0.39, 0.29) is 11.0 Å². The van der Waals surface area contributed by atoms with Gasteiger partial charge >= 0.3 is 0 Å². The van der Waals surface area contributed by atoms with Crippen LogP contribution < -0.4 is 10.3 Å². The number of hydrogen-bond acceptors (Lipinski definition) is 4. The van der Waals surface area contributed by atoms with Gasteiger partial charge in [-0.25, -0.2) is 4.98 Å². The number of benzene rings is 1. The number of aromatic nitrogens is 4. The topological polar surface area (TPSA) is 61.4 Å². The van der Waals surface area contributed by atoms with E-state index >= 15 is 0 Å². The van der Waals surface area contributed by atoms with Crippen LogP contribution in [-0.2, 0) is 18.4 Å². The van der Waals surface area contributed by atoms with Crippen molar-refractivity contribution in [3.8, 4) is 5.88 Å². The molecule has 0 bridgehead atoms. The van der Waals surface area contributed by atoms with Crippen molar-refractivity contribution < 1.29 is 4.74 Å². The lowest BCUT2D eigenvalue weighted by molar-refractivity contribution is 0.399. The second kappa shape index (κ2) is 7.27. The Bertz CT molecular complexity index is 1290. The molecule has 0 saturated heterocycles. The van der Waals surface area contributed by atoms with E-state index in [1.807, 2.05) is 24.3 Å². The summed E-state index contributed by atoms with van der Waals surface area (Å²) in [7, 11) is 1.60. The number of ether oxygens (including phenoxy) is 1. The first-order valence-electron chi connectivity index (χ1n) is 10.3. The molecule has 0 N–H and O–H groups in total. The fourth-order valence-electron chi connectivity index (χ4n) is 3.90. The number of aryl methyl sites for hydroxylation is 2. The van der Waals surface area contributed by atoms with Crippen LogP contribution in [-0.4, -0.2) is 26.0 Å². The summed E-state index contributed by atoms with van der Waals surface area (Å²) in [5.41, 5.74) is 5.12. The molecule has 0 aliphatic heterocycles. The van der Waals surface area contributed by atoms with Gasteiger partial charge in [0.25, 0.3) is 5.56 Å². The summed E-state index contributed by atoms with van der Waals surface area (Å²) in [6, 6.07) is 12.2. The van der Waals surface area contributed by atoms with Gasteiger partial charge in [-0.2, -0.15) is 4.98 Å². The third-order valence-electron chi connectivity index (χ3n) is 5.59. The van der Waals surface area contributed by atoms with Gasteiger partial charge in [0.1, 0.15) is 11.3 Å². The largest absolute Gasteiger partial charge is 0.481 e. The monoisotopic (exact) mass is 404 g/mol. The first kappa shape index (κ1) is 20.1. The van der Waals surface area contributed by atoms with Gasteiger partial charge in [-0.3, -0.25) is 13.8 Å². The van der Waals surface area contributed by atoms with Crippen molar-refractivity contribution in [3.63, 3.8) is 0 Å². The molecular formula is C24H28N4O2. The highest BCUT2D eigenvalue weighted by molar-refractivity contribution is 5.77. The van der Waals surface area contributed by atoms with Crippen LogP contribution in [0.25, 0.3) is 16.7 Å². The number of imidazole rings is 1. The van der Waals surface area contributed by atoms with Gasteiger partial charge in [0.05, 0.1) is 24.9 Å². The molecule has 4 aromatic rings. The molecule has 4 rings (SSSR count). The van der Waals surface area contributed by atoms with E-state index in [1.54, 1.807) is 17.7 Å². The number of rotatable bonds is 4. The molecule has 0 saturated carbocycles. The number of nitrogens with zero attached hydrogens (tertiary/aromatic N) is 4. The molecule has 6 nitrogen and oxygen atoms in total. The maximum Gasteiger partial charge on any atom is 0.277 e. The molecule has 0 unspecified atom stereocenters. The highest BCUT2D eigenvalue weighted by atomic mass is 16.5. The highest BCUT2D eigenvalue weighted by Crippen LogP contribution is 2.24. The summed E-state index contributed by atoms with van der Waals surface area (Å²) in [4.78, 5) is 22.8. The van der Waals surface area contributed by atoms with Crippen LogP contribution in [0.15, 0.2) is 41.2 Å². The van der Waals surface area contributed by atoms with Crippen molar-refractivity contribution in [1.82, 2.24) is 18.9 Å². The van der Waals surface area contributed by atoms with Gasteiger partial charge in [0, 0.05) is 12.5 Å². The number of fused-ring (bicyclic) bond motifs is 3. The Morgan fingerprint density at radius 3 is 2.33 bits per heavy atom.